The lowest BCUT2D eigenvalue weighted by Crippen LogP contribution is -2.11. The number of pyridine rings is 1. The maximum atomic E-state index is 4.61. The number of hydrogen-bond acceptors (Lipinski definition) is 3. The van der Waals surface area contributed by atoms with Gasteiger partial charge in [-0.15, -0.1) is 0 Å². The summed E-state index contributed by atoms with van der Waals surface area (Å²) in [6, 6.07) is 10.5. The zero-order chi connectivity index (χ0) is 13.5. The largest absolute Gasteiger partial charge is 0.385 e. The number of benzene rings is 1. The van der Waals surface area contributed by atoms with E-state index in [1.165, 1.54) is 17.7 Å². The van der Waals surface area contributed by atoms with Gasteiger partial charge < -0.3 is 10.3 Å². The van der Waals surface area contributed by atoms with Crippen molar-refractivity contribution in [2.75, 3.05) is 11.9 Å². The molecule has 0 aliphatic carbocycles. The number of H-pyrrole nitrogens is 1. The molecule has 0 radical (unpaired) electrons. The monoisotopic (exact) mass is 264 g/mol. The van der Waals surface area contributed by atoms with Crippen molar-refractivity contribution in [2.45, 2.75) is 19.8 Å². The molecule has 1 aliphatic rings. The van der Waals surface area contributed by atoms with Gasteiger partial charge in [0.25, 0.3) is 0 Å². The van der Waals surface area contributed by atoms with Crippen LogP contribution in [0.1, 0.15) is 17.7 Å². The Morgan fingerprint density at radius 2 is 2.05 bits per heavy atom. The first-order valence-corrected chi connectivity index (χ1v) is 7.00. The van der Waals surface area contributed by atoms with Gasteiger partial charge in [-0.2, -0.15) is 0 Å². The van der Waals surface area contributed by atoms with Gasteiger partial charge in [0.1, 0.15) is 5.82 Å². The first kappa shape index (κ1) is 11.5. The highest BCUT2D eigenvalue weighted by molar-refractivity contribution is 5.77. The smallest absolute Gasteiger partial charge is 0.178 e. The van der Waals surface area contributed by atoms with Crippen molar-refractivity contribution in [3.8, 4) is 11.4 Å². The Labute approximate surface area is 117 Å². The lowest BCUT2D eigenvalue weighted by atomic mass is 10.0. The van der Waals surface area contributed by atoms with E-state index in [9.17, 15) is 0 Å². The Morgan fingerprint density at radius 1 is 1.10 bits per heavy atom. The van der Waals surface area contributed by atoms with Crippen LogP contribution in [0.4, 0.5) is 5.69 Å². The van der Waals surface area contributed by atoms with Gasteiger partial charge in [0.15, 0.2) is 5.65 Å². The van der Waals surface area contributed by atoms with Crippen LogP contribution >= 0.6 is 0 Å². The fraction of sp³-hybridized carbons (Fsp3) is 0.250. The summed E-state index contributed by atoms with van der Waals surface area (Å²) in [5, 5.41) is 3.43. The summed E-state index contributed by atoms with van der Waals surface area (Å²) < 4.78 is 0. The zero-order valence-corrected chi connectivity index (χ0v) is 11.4. The van der Waals surface area contributed by atoms with E-state index in [4.69, 9.17) is 0 Å². The molecule has 1 aliphatic heterocycles. The lowest BCUT2D eigenvalue weighted by Gasteiger charge is -2.18. The van der Waals surface area contributed by atoms with E-state index in [0.717, 1.165) is 41.2 Å². The average molecular weight is 264 g/mol. The first-order chi connectivity index (χ1) is 9.79. The van der Waals surface area contributed by atoms with Crippen LogP contribution in [0.25, 0.3) is 22.6 Å². The number of hydrogen-bond donors (Lipinski definition) is 2. The van der Waals surface area contributed by atoms with Crippen molar-refractivity contribution < 1.29 is 0 Å². The molecular formula is C16H16N4. The zero-order valence-electron chi connectivity index (χ0n) is 11.4. The second kappa shape index (κ2) is 4.34. The topological polar surface area (TPSA) is 53.6 Å². The van der Waals surface area contributed by atoms with Gasteiger partial charge in [-0.05, 0) is 55.7 Å². The molecule has 0 bridgehead atoms. The number of aromatic amines is 1. The molecule has 0 spiro atoms. The van der Waals surface area contributed by atoms with Crippen molar-refractivity contribution in [1.29, 1.82) is 0 Å². The maximum Gasteiger partial charge on any atom is 0.178 e. The molecule has 1 aromatic carbocycles. The number of nitrogens with zero attached hydrogens (tertiary/aromatic N) is 2. The highest BCUT2D eigenvalue weighted by Crippen LogP contribution is 2.27. The molecule has 4 nitrogen and oxygen atoms in total. The molecule has 4 rings (SSSR count). The molecule has 0 saturated heterocycles. The van der Waals surface area contributed by atoms with Crippen LogP contribution in [0, 0.1) is 6.92 Å². The minimum absolute atomic E-state index is 0.788. The Morgan fingerprint density at radius 3 is 3.00 bits per heavy atom. The third kappa shape index (κ3) is 1.84. The van der Waals surface area contributed by atoms with E-state index < -0.39 is 0 Å². The van der Waals surface area contributed by atoms with Gasteiger partial charge in [-0.1, -0.05) is 0 Å². The summed E-state index contributed by atoms with van der Waals surface area (Å²) in [4.78, 5) is 12.4. The Kier molecular flexibility index (Phi) is 2.49. The highest BCUT2D eigenvalue weighted by Gasteiger charge is 2.12. The van der Waals surface area contributed by atoms with Crippen LogP contribution in [0.2, 0.25) is 0 Å². The molecule has 4 heteroatoms. The fourth-order valence-electron chi connectivity index (χ4n) is 2.75. The number of nitrogens with one attached hydrogen (secondary N) is 2. The Balaban J connectivity index is 1.82. The fourth-order valence-corrected chi connectivity index (χ4v) is 2.75. The van der Waals surface area contributed by atoms with Gasteiger partial charge in [-0.3, -0.25) is 0 Å². The van der Waals surface area contributed by atoms with E-state index in [-0.39, 0.29) is 0 Å². The van der Waals surface area contributed by atoms with E-state index >= 15 is 0 Å². The van der Waals surface area contributed by atoms with E-state index in [1.807, 2.05) is 19.1 Å². The second-order valence-electron chi connectivity index (χ2n) is 5.31. The summed E-state index contributed by atoms with van der Waals surface area (Å²) >= 11 is 0. The number of imidazole rings is 1. The van der Waals surface area contributed by atoms with Crippen LogP contribution in [-0.4, -0.2) is 21.5 Å². The van der Waals surface area contributed by atoms with Crippen molar-refractivity contribution >= 4 is 16.9 Å². The minimum atomic E-state index is 0.788. The minimum Gasteiger partial charge on any atom is -0.385 e. The van der Waals surface area contributed by atoms with Gasteiger partial charge in [0.2, 0.25) is 0 Å². The van der Waals surface area contributed by atoms with Crippen molar-refractivity contribution in [1.82, 2.24) is 15.0 Å². The van der Waals surface area contributed by atoms with Crippen LogP contribution in [0.5, 0.6) is 0 Å². The molecule has 0 fully saturated rings. The average Bonchev–Trinajstić information content (AvgIpc) is 2.89. The molecule has 0 unspecified atom stereocenters. The number of fused-ring (bicyclic) bond motifs is 2. The van der Waals surface area contributed by atoms with Crippen molar-refractivity contribution in [3.05, 3.63) is 41.6 Å². The molecule has 0 atom stereocenters. The summed E-state index contributed by atoms with van der Waals surface area (Å²) in [6.45, 7) is 3.05. The third-order valence-corrected chi connectivity index (χ3v) is 3.80. The number of aryl methyl sites for hydroxylation is 2. The second-order valence-corrected chi connectivity index (χ2v) is 5.31. The summed E-state index contributed by atoms with van der Waals surface area (Å²) in [6.07, 6.45) is 2.32. The first-order valence-electron chi connectivity index (χ1n) is 7.00. The third-order valence-electron chi connectivity index (χ3n) is 3.80. The van der Waals surface area contributed by atoms with E-state index in [2.05, 4.69) is 38.5 Å². The molecule has 0 amide bonds. The van der Waals surface area contributed by atoms with Gasteiger partial charge in [-0.25, -0.2) is 9.97 Å². The van der Waals surface area contributed by atoms with E-state index in [0.29, 0.717) is 0 Å². The summed E-state index contributed by atoms with van der Waals surface area (Å²) in [5.74, 6) is 0.895. The quantitative estimate of drug-likeness (QED) is 0.709. The van der Waals surface area contributed by atoms with Gasteiger partial charge in [0.05, 0.1) is 5.52 Å². The number of aromatic nitrogens is 3. The molecule has 100 valence electrons. The predicted octanol–water partition coefficient (Wildman–Crippen LogP) is 3.29. The molecule has 3 aromatic rings. The SMILES string of the molecule is Cc1ccc2[nH]c(-c3ccc4c(c3)CCCN4)nc2n1. The van der Waals surface area contributed by atoms with Gasteiger partial charge in [0, 0.05) is 23.5 Å². The molecule has 20 heavy (non-hydrogen) atoms. The predicted molar refractivity (Wildman–Crippen MR) is 80.9 cm³/mol. The summed E-state index contributed by atoms with van der Waals surface area (Å²) in [7, 11) is 0. The van der Waals surface area contributed by atoms with Crippen LogP contribution in [0.15, 0.2) is 30.3 Å². The Bertz CT molecular complexity index is 788. The lowest BCUT2D eigenvalue weighted by molar-refractivity contribution is 0.830. The Hall–Kier alpha value is -2.36. The van der Waals surface area contributed by atoms with Gasteiger partial charge >= 0.3 is 0 Å². The standard InChI is InChI=1S/C16H16N4/c1-10-4-6-14-16(18-10)20-15(19-14)12-5-7-13-11(9-12)3-2-8-17-13/h4-7,9,17H,2-3,8H2,1H3,(H,18,19,20). The van der Waals surface area contributed by atoms with Crippen molar-refractivity contribution in [3.63, 3.8) is 0 Å². The highest BCUT2D eigenvalue weighted by atomic mass is 15.0. The molecule has 2 aromatic heterocycles. The van der Waals surface area contributed by atoms with Crippen LogP contribution < -0.4 is 5.32 Å². The van der Waals surface area contributed by atoms with Crippen LogP contribution in [-0.2, 0) is 6.42 Å². The molecule has 3 heterocycles. The number of anilines is 1. The summed E-state index contributed by atoms with van der Waals surface area (Å²) in [5.41, 5.74) is 6.52. The molecular weight excluding hydrogens is 248 g/mol. The number of rotatable bonds is 1. The van der Waals surface area contributed by atoms with Crippen LogP contribution in [0.3, 0.4) is 0 Å². The molecule has 2 N–H and O–H groups in total. The van der Waals surface area contributed by atoms with E-state index in [1.54, 1.807) is 0 Å². The molecule has 0 saturated carbocycles. The van der Waals surface area contributed by atoms with Crippen molar-refractivity contribution in [2.24, 2.45) is 0 Å². The normalized spacial score (nSPS) is 14.1. The maximum absolute atomic E-state index is 4.61.